The van der Waals surface area contributed by atoms with E-state index < -0.39 is 0 Å². The van der Waals surface area contributed by atoms with Crippen LogP contribution in [0, 0.1) is 17.8 Å². The van der Waals surface area contributed by atoms with Gasteiger partial charge in [-0.3, -0.25) is 0 Å². The molecule has 0 aromatic carbocycles. The topological polar surface area (TPSA) is 0 Å². The van der Waals surface area contributed by atoms with Crippen LogP contribution in [0.2, 0.25) is 0 Å². The van der Waals surface area contributed by atoms with Gasteiger partial charge in [-0.25, -0.2) is 0 Å². The van der Waals surface area contributed by atoms with Crippen molar-refractivity contribution >= 4 is 0 Å². The molecule has 1 aliphatic carbocycles. The molecule has 0 aromatic heterocycles. The van der Waals surface area contributed by atoms with Crippen LogP contribution in [0.5, 0.6) is 0 Å². The minimum atomic E-state index is 0.746. The van der Waals surface area contributed by atoms with Crippen molar-refractivity contribution in [3.8, 4) is 11.8 Å². The lowest BCUT2D eigenvalue weighted by atomic mass is 9.90. The van der Waals surface area contributed by atoms with Crippen LogP contribution in [0.25, 0.3) is 0 Å². The lowest BCUT2D eigenvalue weighted by molar-refractivity contribution is 0.430. The molecule has 13 heavy (non-hydrogen) atoms. The Morgan fingerprint density at radius 3 is 2.54 bits per heavy atom. The maximum Gasteiger partial charge on any atom is 0.0202 e. The van der Waals surface area contributed by atoms with Gasteiger partial charge in [0, 0.05) is 12.3 Å². The fourth-order valence-corrected chi connectivity index (χ4v) is 1.93. The molecule has 1 rings (SSSR count). The van der Waals surface area contributed by atoms with Crippen molar-refractivity contribution in [1.29, 1.82) is 0 Å². The van der Waals surface area contributed by atoms with Gasteiger partial charge in [-0.1, -0.05) is 44.9 Å². The first kappa shape index (κ1) is 10.6. The number of rotatable bonds is 3. The summed E-state index contributed by atoms with van der Waals surface area (Å²) >= 11 is 0. The molecule has 1 saturated carbocycles. The Morgan fingerprint density at radius 1 is 1.08 bits per heavy atom. The normalized spacial score (nSPS) is 17.9. The van der Waals surface area contributed by atoms with Crippen molar-refractivity contribution < 1.29 is 0 Å². The zero-order valence-electron chi connectivity index (χ0n) is 8.94. The molecule has 0 aliphatic heterocycles. The molecule has 0 heteroatoms. The predicted molar refractivity (Wildman–Crippen MR) is 58.5 cm³/mol. The van der Waals surface area contributed by atoms with E-state index in [0.29, 0.717) is 0 Å². The van der Waals surface area contributed by atoms with Gasteiger partial charge in [0.15, 0.2) is 0 Å². The van der Waals surface area contributed by atoms with E-state index in [9.17, 15) is 0 Å². The molecule has 0 amide bonds. The lowest BCUT2D eigenvalue weighted by Crippen LogP contribution is -2.02. The zero-order chi connectivity index (χ0) is 9.36. The van der Waals surface area contributed by atoms with E-state index in [1.165, 1.54) is 51.4 Å². The molecule has 0 spiro atoms. The smallest absolute Gasteiger partial charge is 0.0202 e. The van der Waals surface area contributed by atoms with Crippen LogP contribution in [0.3, 0.4) is 0 Å². The van der Waals surface area contributed by atoms with Crippen LogP contribution in [0.4, 0.5) is 0 Å². The van der Waals surface area contributed by atoms with Crippen molar-refractivity contribution in [3.63, 3.8) is 0 Å². The molecule has 1 fully saturated rings. The zero-order valence-corrected chi connectivity index (χ0v) is 8.94. The predicted octanol–water partition coefficient (Wildman–Crippen LogP) is 4.15. The van der Waals surface area contributed by atoms with E-state index in [0.717, 1.165) is 12.3 Å². The Hall–Kier alpha value is -0.440. The van der Waals surface area contributed by atoms with Crippen LogP contribution in [0.1, 0.15) is 64.7 Å². The van der Waals surface area contributed by atoms with E-state index >= 15 is 0 Å². The molecule has 1 aliphatic rings. The van der Waals surface area contributed by atoms with E-state index in [4.69, 9.17) is 0 Å². The van der Waals surface area contributed by atoms with Gasteiger partial charge in [-0.15, -0.1) is 5.92 Å². The molecule has 0 N–H and O–H groups in total. The molecule has 0 aromatic rings. The molecule has 0 atom stereocenters. The Balaban J connectivity index is 2.06. The highest BCUT2D eigenvalue weighted by Crippen LogP contribution is 2.22. The van der Waals surface area contributed by atoms with E-state index in [1.807, 2.05) is 0 Å². The Morgan fingerprint density at radius 2 is 1.85 bits per heavy atom. The van der Waals surface area contributed by atoms with Gasteiger partial charge >= 0.3 is 0 Å². The Labute approximate surface area is 83.1 Å². The molecule has 0 bridgehead atoms. The van der Waals surface area contributed by atoms with Gasteiger partial charge in [0.2, 0.25) is 0 Å². The van der Waals surface area contributed by atoms with Gasteiger partial charge in [-0.2, -0.15) is 0 Å². The van der Waals surface area contributed by atoms with E-state index in [2.05, 4.69) is 18.8 Å². The SMILES string of the molecule is CCCCCC#CC1CCCCC1. The first-order valence-electron chi connectivity index (χ1n) is 5.92. The van der Waals surface area contributed by atoms with Crippen molar-refractivity contribution in [2.24, 2.45) is 5.92 Å². The van der Waals surface area contributed by atoms with Gasteiger partial charge in [0.05, 0.1) is 0 Å². The first-order valence-corrected chi connectivity index (χ1v) is 5.92. The summed E-state index contributed by atoms with van der Waals surface area (Å²) in [6, 6.07) is 0. The third kappa shape index (κ3) is 4.98. The highest BCUT2D eigenvalue weighted by Gasteiger charge is 2.09. The number of hydrogen-bond donors (Lipinski definition) is 0. The fourth-order valence-electron chi connectivity index (χ4n) is 1.93. The third-order valence-corrected chi connectivity index (χ3v) is 2.82. The quantitative estimate of drug-likeness (QED) is 0.450. The number of hydrogen-bond acceptors (Lipinski definition) is 0. The molecular formula is C13H22. The van der Waals surface area contributed by atoms with E-state index in [1.54, 1.807) is 0 Å². The van der Waals surface area contributed by atoms with Crippen LogP contribution in [-0.4, -0.2) is 0 Å². The molecule has 0 heterocycles. The second kappa shape index (κ2) is 7.01. The highest BCUT2D eigenvalue weighted by molar-refractivity contribution is 5.04. The van der Waals surface area contributed by atoms with Gasteiger partial charge in [0.25, 0.3) is 0 Å². The monoisotopic (exact) mass is 178 g/mol. The molecule has 0 radical (unpaired) electrons. The summed E-state index contributed by atoms with van der Waals surface area (Å²) in [5.74, 6) is 7.52. The van der Waals surface area contributed by atoms with Crippen molar-refractivity contribution in [3.05, 3.63) is 0 Å². The summed E-state index contributed by atoms with van der Waals surface area (Å²) in [5.41, 5.74) is 0. The van der Waals surface area contributed by atoms with Gasteiger partial charge in [0.1, 0.15) is 0 Å². The molecule has 0 nitrogen and oxygen atoms in total. The number of unbranched alkanes of at least 4 members (excludes halogenated alkanes) is 3. The molecule has 74 valence electrons. The van der Waals surface area contributed by atoms with Crippen molar-refractivity contribution in [1.82, 2.24) is 0 Å². The van der Waals surface area contributed by atoms with Gasteiger partial charge in [-0.05, 0) is 19.3 Å². The highest BCUT2D eigenvalue weighted by atomic mass is 14.1. The molecule has 0 unspecified atom stereocenters. The summed E-state index contributed by atoms with van der Waals surface area (Å²) in [4.78, 5) is 0. The van der Waals surface area contributed by atoms with Crippen LogP contribution in [0.15, 0.2) is 0 Å². The van der Waals surface area contributed by atoms with Crippen molar-refractivity contribution in [2.45, 2.75) is 64.7 Å². The molecule has 0 saturated heterocycles. The lowest BCUT2D eigenvalue weighted by Gasteiger charge is -2.15. The average molecular weight is 178 g/mol. The largest absolute Gasteiger partial charge is 0.103 e. The van der Waals surface area contributed by atoms with Crippen molar-refractivity contribution in [2.75, 3.05) is 0 Å². The third-order valence-electron chi connectivity index (χ3n) is 2.82. The molecular weight excluding hydrogens is 156 g/mol. The minimum absolute atomic E-state index is 0.746. The summed E-state index contributed by atoms with van der Waals surface area (Å²) < 4.78 is 0. The first-order chi connectivity index (χ1) is 6.43. The maximum atomic E-state index is 3.43. The summed E-state index contributed by atoms with van der Waals surface area (Å²) in [6.07, 6.45) is 12.1. The minimum Gasteiger partial charge on any atom is -0.103 e. The second-order valence-corrected chi connectivity index (χ2v) is 4.11. The second-order valence-electron chi connectivity index (χ2n) is 4.11. The van der Waals surface area contributed by atoms with Crippen LogP contribution < -0.4 is 0 Å². The van der Waals surface area contributed by atoms with Crippen LogP contribution in [-0.2, 0) is 0 Å². The fraction of sp³-hybridized carbons (Fsp3) is 0.846. The summed E-state index contributed by atoms with van der Waals surface area (Å²) in [7, 11) is 0. The van der Waals surface area contributed by atoms with Crippen LogP contribution >= 0.6 is 0 Å². The van der Waals surface area contributed by atoms with Gasteiger partial charge < -0.3 is 0 Å². The maximum absolute atomic E-state index is 3.43. The van der Waals surface area contributed by atoms with E-state index in [-0.39, 0.29) is 0 Å². The Kier molecular flexibility index (Phi) is 5.74. The average Bonchev–Trinajstić information content (AvgIpc) is 2.19. The standard InChI is InChI=1S/C13H22/c1-2-3-4-5-7-10-13-11-8-6-9-12-13/h13H,2-6,8-9,11-12H2,1H3. The summed E-state index contributed by atoms with van der Waals surface area (Å²) in [5, 5.41) is 0. The summed E-state index contributed by atoms with van der Waals surface area (Å²) in [6.45, 7) is 2.24. The Bertz CT molecular complexity index is 164.